The number of alkyl halides is 1. The zero-order valence-electron chi connectivity index (χ0n) is 11.5. The number of fused-ring (bicyclic) bond motifs is 2. The first-order valence-corrected chi connectivity index (χ1v) is 8.26. The van der Waals surface area contributed by atoms with Gasteiger partial charge in [-0.2, -0.15) is 0 Å². The minimum absolute atomic E-state index is 0.147. The van der Waals surface area contributed by atoms with Crippen LogP contribution in [0.5, 0.6) is 0 Å². The van der Waals surface area contributed by atoms with Gasteiger partial charge in [-0.3, -0.25) is 10.8 Å². The molecule has 112 valence electrons. The standard InChI is InChI=1S/C11H19BBrFN4OS/c1-12(19)18-6-3-4-7(18)9(14)8(5-6)17(2)11(16)20-10(13)15/h6-9,15-16,19H,3-5H2,1-2H3/t6?,7?,8-,9+/m0/s1. The molecule has 0 aromatic carbocycles. The van der Waals surface area contributed by atoms with Crippen molar-refractivity contribution in [2.75, 3.05) is 7.05 Å². The Morgan fingerprint density at radius 1 is 1.50 bits per heavy atom. The highest BCUT2D eigenvalue weighted by molar-refractivity contribution is 9.22. The van der Waals surface area contributed by atoms with Crippen molar-refractivity contribution in [3.8, 4) is 0 Å². The van der Waals surface area contributed by atoms with Crippen LogP contribution in [0.4, 0.5) is 4.39 Å². The Bertz CT molecular complexity index is 416. The molecule has 0 aliphatic carbocycles. The van der Waals surface area contributed by atoms with E-state index in [0.29, 0.717) is 6.42 Å². The highest BCUT2D eigenvalue weighted by atomic mass is 79.9. The van der Waals surface area contributed by atoms with E-state index in [1.807, 2.05) is 4.81 Å². The quantitative estimate of drug-likeness (QED) is 0.398. The number of amidine groups is 1. The Morgan fingerprint density at radius 3 is 2.70 bits per heavy atom. The van der Waals surface area contributed by atoms with Crippen molar-refractivity contribution in [2.24, 2.45) is 0 Å². The van der Waals surface area contributed by atoms with Gasteiger partial charge in [0.1, 0.15) is 10.1 Å². The monoisotopic (exact) mass is 364 g/mol. The van der Waals surface area contributed by atoms with E-state index in [2.05, 4.69) is 15.9 Å². The fourth-order valence-electron chi connectivity index (χ4n) is 3.42. The summed E-state index contributed by atoms with van der Waals surface area (Å²) in [4.78, 5) is 3.49. The van der Waals surface area contributed by atoms with Gasteiger partial charge in [0.15, 0.2) is 5.17 Å². The molecule has 0 aromatic heterocycles. The molecule has 0 amide bonds. The fraction of sp³-hybridized carbons (Fsp3) is 0.818. The van der Waals surface area contributed by atoms with Gasteiger partial charge in [0, 0.05) is 19.1 Å². The summed E-state index contributed by atoms with van der Waals surface area (Å²) in [5.41, 5.74) is 0. The highest BCUT2D eigenvalue weighted by Crippen LogP contribution is 2.39. The van der Waals surface area contributed by atoms with E-state index < -0.39 is 13.2 Å². The fourth-order valence-corrected chi connectivity index (χ4v) is 4.33. The van der Waals surface area contributed by atoms with Crippen molar-refractivity contribution < 1.29 is 9.41 Å². The Morgan fingerprint density at radius 2 is 2.15 bits per heavy atom. The van der Waals surface area contributed by atoms with Crippen molar-refractivity contribution in [2.45, 2.75) is 50.4 Å². The first kappa shape index (κ1) is 16.3. The SMILES string of the molecule is CB(O)N1C2CCC1[C@@H](F)[C@@H](N(C)C(=N)SC(=N)Br)C2. The van der Waals surface area contributed by atoms with Gasteiger partial charge in [-0.05, 0) is 53.8 Å². The molecule has 0 spiro atoms. The average Bonchev–Trinajstić information content (AvgIpc) is 2.70. The van der Waals surface area contributed by atoms with Crippen LogP contribution >= 0.6 is 27.7 Å². The molecule has 2 heterocycles. The summed E-state index contributed by atoms with van der Waals surface area (Å²) in [6.07, 6.45) is 1.18. The Labute approximate surface area is 131 Å². The van der Waals surface area contributed by atoms with Crippen LogP contribution in [0.2, 0.25) is 6.82 Å². The maximum absolute atomic E-state index is 14.7. The lowest BCUT2D eigenvalue weighted by Gasteiger charge is -2.45. The molecule has 2 aliphatic heterocycles. The van der Waals surface area contributed by atoms with Crippen LogP contribution in [0.15, 0.2) is 0 Å². The summed E-state index contributed by atoms with van der Waals surface area (Å²) < 4.78 is 14.9. The highest BCUT2D eigenvalue weighted by Gasteiger charge is 2.51. The number of rotatable bonds is 2. The maximum atomic E-state index is 14.7. The van der Waals surface area contributed by atoms with Gasteiger partial charge < -0.3 is 14.7 Å². The van der Waals surface area contributed by atoms with Gasteiger partial charge in [0.05, 0.1) is 6.04 Å². The first-order valence-electron chi connectivity index (χ1n) is 6.65. The lowest BCUT2D eigenvalue weighted by atomic mass is 9.78. The number of piperidine rings is 1. The van der Waals surface area contributed by atoms with Crippen LogP contribution < -0.4 is 0 Å². The molecular weight excluding hydrogens is 346 g/mol. The van der Waals surface area contributed by atoms with Crippen molar-refractivity contribution in [3.63, 3.8) is 0 Å². The lowest BCUT2D eigenvalue weighted by Crippen LogP contribution is -2.61. The molecule has 2 unspecified atom stereocenters. The molecular formula is C11H19BBrFN4OS. The molecule has 2 saturated heterocycles. The van der Waals surface area contributed by atoms with Gasteiger partial charge >= 0.3 is 7.05 Å². The van der Waals surface area contributed by atoms with E-state index in [1.54, 1.807) is 18.8 Å². The van der Waals surface area contributed by atoms with Crippen LogP contribution in [0, 0.1) is 10.8 Å². The molecule has 0 aromatic rings. The molecule has 0 radical (unpaired) electrons. The zero-order valence-corrected chi connectivity index (χ0v) is 13.9. The van der Waals surface area contributed by atoms with E-state index in [0.717, 1.165) is 24.6 Å². The second kappa shape index (κ2) is 6.33. The molecule has 0 saturated carbocycles. The summed E-state index contributed by atoms with van der Waals surface area (Å²) in [6, 6.07) is -0.433. The zero-order chi connectivity index (χ0) is 15.0. The minimum Gasteiger partial charge on any atom is -0.437 e. The van der Waals surface area contributed by atoms with E-state index in [4.69, 9.17) is 10.8 Å². The van der Waals surface area contributed by atoms with Crippen molar-refractivity contribution in [1.29, 1.82) is 10.8 Å². The normalized spacial score (nSPS) is 33.0. The third-order valence-corrected chi connectivity index (χ3v) is 5.43. The van der Waals surface area contributed by atoms with Gasteiger partial charge in [-0.15, -0.1) is 0 Å². The molecule has 4 atom stereocenters. The van der Waals surface area contributed by atoms with Crippen LogP contribution in [-0.4, -0.2) is 62.3 Å². The van der Waals surface area contributed by atoms with Crippen LogP contribution in [0.1, 0.15) is 19.3 Å². The van der Waals surface area contributed by atoms with E-state index in [1.165, 1.54) is 0 Å². The predicted octanol–water partition coefficient (Wildman–Crippen LogP) is 1.97. The van der Waals surface area contributed by atoms with Gasteiger partial charge in [0.25, 0.3) is 0 Å². The molecule has 5 nitrogen and oxygen atoms in total. The number of hydrogen-bond donors (Lipinski definition) is 3. The summed E-state index contributed by atoms with van der Waals surface area (Å²) >= 11 is 3.96. The van der Waals surface area contributed by atoms with Gasteiger partial charge in [-0.1, -0.05) is 0 Å². The van der Waals surface area contributed by atoms with Crippen LogP contribution in [0.25, 0.3) is 0 Å². The molecule has 9 heteroatoms. The third kappa shape index (κ3) is 3.05. The molecule has 2 rings (SSSR count). The molecule has 2 fully saturated rings. The number of hydrogen-bond acceptors (Lipinski definition) is 5. The summed E-state index contributed by atoms with van der Waals surface area (Å²) in [5, 5.41) is 25.2. The summed E-state index contributed by atoms with van der Waals surface area (Å²) in [7, 11) is 1.08. The van der Waals surface area contributed by atoms with E-state index >= 15 is 0 Å². The molecule has 20 heavy (non-hydrogen) atoms. The summed E-state index contributed by atoms with van der Waals surface area (Å²) in [6.45, 7) is 1.69. The third-order valence-electron chi connectivity index (χ3n) is 4.28. The largest absolute Gasteiger partial charge is 0.437 e. The number of halogens is 2. The average molecular weight is 365 g/mol. The maximum Gasteiger partial charge on any atom is 0.376 e. The van der Waals surface area contributed by atoms with Crippen LogP contribution in [0.3, 0.4) is 0 Å². The Balaban J connectivity index is 2.09. The number of nitrogens with one attached hydrogen (secondary N) is 2. The van der Waals surface area contributed by atoms with Gasteiger partial charge in [-0.25, -0.2) is 4.39 Å². The first-order chi connectivity index (χ1) is 9.32. The van der Waals surface area contributed by atoms with E-state index in [9.17, 15) is 9.41 Å². The second-order valence-electron chi connectivity index (χ2n) is 5.42. The van der Waals surface area contributed by atoms with Crippen LogP contribution in [-0.2, 0) is 0 Å². The number of nitrogens with zero attached hydrogens (tertiary/aromatic N) is 2. The molecule has 2 aliphatic rings. The van der Waals surface area contributed by atoms with Crippen molar-refractivity contribution in [3.05, 3.63) is 0 Å². The molecule has 3 N–H and O–H groups in total. The Hall–Kier alpha value is -0.115. The van der Waals surface area contributed by atoms with Gasteiger partial charge in [0.2, 0.25) is 0 Å². The lowest BCUT2D eigenvalue weighted by molar-refractivity contribution is 0.0547. The van der Waals surface area contributed by atoms with Crippen molar-refractivity contribution in [1.82, 2.24) is 9.71 Å². The van der Waals surface area contributed by atoms with Crippen molar-refractivity contribution >= 4 is 43.9 Å². The molecule has 2 bridgehead atoms. The van der Waals surface area contributed by atoms with E-state index in [-0.39, 0.29) is 27.2 Å². The minimum atomic E-state index is -1.08. The Kier molecular flexibility index (Phi) is 5.15. The second-order valence-corrected chi connectivity index (χ2v) is 7.73. The number of thioether (sulfide) groups is 1. The summed E-state index contributed by atoms with van der Waals surface area (Å²) in [5.74, 6) is 0. The smallest absolute Gasteiger partial charge is 0.376 e. The predicted molar refractivity (Wildman–Crippen MR) is 85.5 cm³/mol. The topological polar surface area (TPSA) is 74.4 Å².